The number of para-hydroxylation sites is 3. The molecule has 0 saturated heterocycles. The van der Waals surface area contributed by atoms with Gasteiger partial charge in [-0.15, -0.1) is 11.3 Å². The third-order valence-corrected chi connectivity index (χ3v) is 6.62. The van der Waals surface area contributed by atoms with Crippen LogP contribution in [0.2, 0.25) is 0 Å². The van der Waals surface area contributed by atoms with Crippen LogP contribution < -0.4 is 10.0 Å². The Morgan fingerprint density at radius 3 is 2.35 bits per heavy atom. The Morgan fingerprint density at radius 1 is 1.00 bits per heavy atom. The van der Waals surface area contributed by atoms with Crippen LogP contribution in [0.4, 0.5) is 17.1 Å². The van der Waals surface area contributed by atoms with E-state index >= 15 is 0 Å². The zero-order chi connectivity index (χ0) is 22.4. The van der Waals surface area contributed by atoms with Crippen molar-refractivity contribution in [2.24, 2.45) is 0 Å². The summed E-state index contributed by atoms with van der Waals surface area (Å²) < 4.78 is 32.2. The van der Waals surface area contributed by atoms with E-state index in [4.69, 9.17) is 4.74 Å². The molecule has 3 aromatic rings. The number of carbonyl (C=O) groups is 2. The van der Waals surface area contributed by atoms with Gasteiger partial charge in [-0.05, 0) is 29.6 Å². The number of nitrogens with one attached hydrogen (secondary N) is 2. The van der Waals surface area contributed by atoms with Gasteiger partial charge in [0.15, 0.2) is 6.61 Å². The number of carbonyl (C=O) groups excluding carboxylic acids is 2. The van der Waals surface area contributed by atoms with Crippen LogP contribution in [0.25, 0.3) is 0 Å². The van der Waals surface area contributed by atoms with E-state index in [0.717, 1.165) is 11.3 Å². The Hall–Kier alpha value is -3.77. The Kier molecular flexibility index (Phi) is 6.62. The van der Waals surface area contributed by atoms with Crippen LogP contribution in [-0.4, -0.2) is 31.8 Å². The maximum atomic E-state index is 12.4. The SMILES string of the molecule is O=C(COC(=O)c1ccccc1NS(=O)(=O)c1cccs1)Nc1ccccc1[N+](=O)[O-]. The number of nitrogens with zero attached hydrogens (tertiary/aromatic N) is 1. The Balaban J connectivity index is 1.68. The van der Waals surface area contributed by atoms with Gasteiger partial charge in [-0.2, -0.15) is 0 Å². The number of ether oxygens (including phenoxy) is 1. The van der Waals surface area contributed by atoms with Crippen molar-refractivity contribution < 1.29 is 27.7 Å². The Labute approximate surface area is 180 Å². The second kappa shape index (κ2) is 9.36. The quantitative estimate of drug-likeness (QED) is 0.297. The molecule has 0 atom stereocenters. The zero-order valence-corrected chi connectivity index (χ0v) is 17.3. The predicted octanol–water partition coefficient (Wildman–Crippen LogP) is 3.25. The lowest BCUT2D eigenvalue weighted by atomic mass is 10.2. The fourth-order valence-corrected chi connectivity index (χ4v) is 4.57. The molecule has 0 aliphatic heterocycles. The van der Waals surface area contributed by atoms with Gasteiger partial charge in [-0.25, -0.2) is 13.2 Å². The molecule has 0 radical (unpaired) electrons. The molecular weight excluding hydrogens is 446 g/mol. The number of esters is 1. The third kappa shape index (κ3) is 5.43. The normalized spacial score (nSPS) is 10.8. The topological polar surface area (TPSA) is 145 Å². The molecule has 1 aromatic heterocycles. The van der Waals surface area contributed by atoms with Crippen molar-refractivity contribution in [1.82, 2.24) is 0 Å². The Morgan fingerprint density at radius 2 is 1.68 bits per heavy atom. The van der Waals surface area contributed by atoms with E-state index in [1.54, 1.807) is 11.4 Å². The van der Waals surface area contributed by atoms with E-state index in [0.29, 0.717) is 0 Å². The van der Waals surface area contributed by atoms with E-state index in [1.165, 1.54) is 54.6 Å². The summed E-state index contributed by atoms with van der Waals surface area (Å²) in [6.45, 7) is -0.725. The van der Waals surface area contributed by atoms with Crippen LogP contribution >= 0.6 is 11.3 Å². The molecule has 1 amide bonds. The first kappa shape index (κ1) is 21.9. The number of hydrogen-bond donors (Lipinski definition) is 2. The highest BCUT2D eigenvalue weighted by atomic mass is 32.2. The van der Waals surface area contributed by atoms with Crippen LogP contribution in [0.5, 0.6) is 0 Å². The molecule has 1 heterocycles. The summed E-state index contributed by atoms with van der Waals surface area (Å²) in [7, 11) is -3.89. The molecule has 12 heteroatoms. The van der Waals surface area contributed by atoms with Gasteiger partial charge in [-0.3, -0.25) is 19.6 Å². The number of rotatable bonds is 8. The predicted molar refractivity (Wildman–Crippen MR) is 114 cm³/mol. The van der Waals surface area contributed by atoms with E-state index in [2.05, 4.69) is 10.0 Å². The minimum Gasteiger partial charge on any atom is -0.452 e. The van der Waals surface area contributed by atoms with Crippen molar-refractivity contribution in [3.05, 3.63) is 81.7 Å². The number of nitro groups is 1. The fraction of sp³-hybridized carbons (Fsp3) is 0.0526. The largest absolute Gasteiger partial charge is 0.452 e. The molecule has 0 unspecified atom stereocenters. The van der Waals surface area contributed by atoms with Gasteiger partial charge in [-0.1, -0.05) is 30.3 Å². The van der Waals surface area contributed by atoms with Crippen LogP contribution in [-0.2, 0) is 19.6 Å². The minimum atomic E-state index is -3.89. The monoisotopic (exact) mass is 461 g/mol. The summed E-state index contributed by atoms with van der Waals surface area (Å²) in [6, 6.07) is 14.3. The van der Waals surface area contributed by atoms with Gasteiger partial charge in [0, 0.05) is 6.07 Å². The maximum Gasteiger partial charge on any atom is 0.340 e. The summed E-state index contributed by atoms with van der Waals surface area (Å²) in [4.78, 5) is 34.8. The zero-order valence-electron chi connectivity index (χ0n) is 15.7. The lowest BCUT2D eigenvalue weighted by Crippen LogP contribution is -2.22. The number of anilines is 2. The lowest BCUT2D eigenvalue weighted by Gasteiger charge is -2.11. The van der Waals surface area contributed by atoms with Gasteiger partial charge >= 0.3 is 5.97 Å². The van der Waals surface area contributed by atoms with E-state index < -0.39 is 33.4 Å². The highest BCUT2D eigenvalue weighted by molar-refractivity contribution is 7.94. The smallest absolute Gasteiger partial charge is 0.340 e. The molecule has 0 aliphatic rings. The lowest BCUT2D eigenvalue weighted by molar-refractivity contribution is -0.383. The second-order valence-corrected chi connectivity index (χ2v) is 8.84. The first-order chi connectivity index (χ1) is 14.8. The molecule has 0 fully saturated rings. The fourth-order valence-electron chi connectivity index (χ4n) is 2.50. The van der Waals surface area contributed by atoms with Crippen LogP contribution in [0.1, 0.15) is 10.4 Å². The molecule has 10 nitrogen and oxygen atoms in total. The van der Waals surface area contributed by atoms with Crippen molar-refractivity contribution >= 4 is 50.3 Å². The highest BCUT2D eigenvalue weighted by Crippen LogP contribution is 2.24. The van der Waals surface area contributed by atoms with Crippen molar-refractivity contribution in [3.8, 4) is 0 Å². The van der Waals surface area contributed by atoms with Crippen molar-refractivity contribution in [1.29, 1.82) is 0 Å². The Bertz CT molecular complexity index is 1220. The molecule has 3 rings (SSSR count). The van der Waals surface area contributed by atoms with Gasteiger partial charge < -0.3 is 10.1 Å². The highest BCUT2D eigenvalue weighted by Gasteiger charge is 2.21. The first-order valence-corrected chi connectivity index (χ1v) is 11.0. The van der Waals surface area contributed by atoms with E-state index in [9.17, 15) is 28.1 Å². The van der Waals surface area contributed by atoms with Crippen LogP contribution in [0.3, 0.4) is 0 Å². The molecule has 31 heavy (non-hydrogen) atoms. The number of hydrogen-bond acceptors (Lipinski definition) is 8. The number of nitro benzene ring substituents is 1. The van der Waals surface area contributed by atoms with Gasteiger partial charge in [0.1, 0.15) is 9.90 Å². The van der Waals surface area contributed by atoms with Gasteiger partial charge in [0.2, 0.25) is 0 Å². The number of amides is 1. The molecule has 0 aliphatic carbocycles. The summed E-state index contributed by atoms with van der Waals surface area (Å²) in [5.41, 5.74) is -0.464. The van der Waals surface area contributed by atoms with Crippen molar-refractivity contribution in [2.45, 2.75) is 4.21 Å². The van der Waals surface area contributed by atoms with Crippen LogP contribution in [0, 0.1) is 10.1 Å². The van der Waals surface area contributed by atoms with E-state index in [-0.39, 0.29) is 26.8 Å². The van der Waals surface area contributed by atoms with Crippen molar-refractivity contribution in [2.75, 3.05) is 16.6 Å². The summed E-state index contributed by atoms with van der Waals surface area (Å²) in [5.74, 6) is -1.73. The van der Waals surface area contributed by atoms with Crippen molar-refractivity contribution in [3.63, 3.8) is 0 Å². The van der Waals surface area contributed by atoms with Crippen LogP contribution in [0.15, 0.2) is 70.3 Å². The average molecular weight is 461 g/mol. The minimum absolute atomic E-state index is 0.0139. The van der Waals surface area contributed by atoms with Gasteiger partial charge in [0.25, 0.3) is 21.6 Å². The standard InChI is InChI=1S/C19H15N3O7S2/c23-17(20-15-8-3-4-9-16(15)22(25)26)12-29-19(24)13-6-1-2-7-14(13)21-31(27,28)18-10-5-11-30-18/h1-11,21H,12H2,(H,20,23). The summed E-state index contributed by atoms with van der Waals surface area (Å²) >= 11 is 1.01. The molecule has 0 bridgehead atoms. The molecule has 0 spiro atoms. The number of sulfonamides is 1. The molecular formula is C19H15N3O7S2. The summed E-state index contributed by atoms with van der Waals surface area (Å²) in [6.07, 6.45) is 0. The molecule has 160 valence electrons. The molecule has 2 N–H and O–H groups in total. The second-order valence-electron chi connectivity index (χ2n) is 5.98. The molecule has 2 aromatic carbocycles. The number of thiophene rings is 1. The molecule has 0 saturated carbocycles. The average Bonchev–Trinajstić information content (AvgIpc) is 3.28. The van der Waals surface area contributed by atoms with Gasteiger partial charge in [0.05, 0.1) is 16.2 Å². The number of benzene rings is 2. The maximum absolute atomic E-state index is 12.4. The third-order valence-electron chi connectivity index (χ3n) is 3.86. The first-order valence-electron chi connectivity index (χ1n) is 8.63. The summed E-state index contributed by atoms with van der Waals surface area (Å²) in [5, 5.41) is 14.9. The van der Waals surface area contributed by atoms with E-state index in [1.807, 2.05) is 0 Å².